The quantitative estimate of drug-likeness (QED) is 0.387. The van der Waals surface area contributed by atoms with E-state index < -0.39 is 0 Å². The molecule has 0 bridgehead atoms. The minimum atomic E-state index is -0.198. The van der Waals surface area contributed by atoms with Crippen LogP contribution in [-0.4, -0.2) is 22.9 Å². The average molecular weight is 311 g/mol. The summed E-state index contributed by atoms with van der Waals surface area (Å²) < 4.78 is 0. The monoisotopic (exact) mass is 310 g/mol. The Balaban J connectivity index is 0. The van der Waals surface area contributed by atoms with Crippen molar-refractivity contribution in [3.8, 4) is 0 Å². The van der Waals surface area contributed by atoms with Gasteiger partial charge in [0.25, 0.3) is 0 Å². The molecule has 0 aromatic carbocycles. The number of hydrogen-bond acceptors (Lipinski definition) is 2. The first-order chi connectivity index (χ1) is 10.6. The summed E-state index contributed by atoms with van der Waals surface area (Å²) >= 11 is 0. The van der Waals surface area contributed by atoms with Gasteiger partial charge < -0.3 is 10.2 Å². The highest BCUT2D eigenvalue weighted by Crippen LogP contribution is 2.11. The van der Waals surface area contributed by atoms with E-state index in [4.69, 9.17) is 5.11 Å². The lowest BCUT2D eigenvalue weighted by molar-refractivity contribution is 0.196. The summed E-state index contributed by atoms with van der Waals surface area (Å²) in [7, 11) is 0. The Morgan fingerprint density at radius 2 is 1.55 bits per heavy atom. The summed E-state index contributed by atoms with van der Waals surface area (Å²) in [5, 5.41) is 18.0. The van der Waals surface area contributed by atoms with Crippen LogP contribution in [0.4, 0.5) is 0 Å². The second-order valence-electron chi connectivity index (χ2n) is 5.48. The van der Waals surface area contributed by atoms with E-state index in [1.165, 1.54) is 12.8 Å². The highest BCUT2D eigenvalue weighted by molar-refractivity contribution is 5.03. The summed E-state index contributed by atoms with van der Waals surface area (Å²) in [5.41, 5.74) is 1.13. The molecule has 0 amide bonds. The normalized spacial score (nSPS) is 13.5. The lowest BCUT2D eigenvalue weighted by Gasteiger charge is -2.10. The van der Waals surface area contributed by atoms with Gasteiger partial charge in [-0.1, -0.05) is 70.4 Å². The third-order valence-electron chi connectivity index (χ3n) is 3.31. The standard InChI is InChI=1S/C11H22O.C9H16O/c1-4-6-7-9-11(12)10(3)8-5-2;1-2-3-4-5-6-7-8-9-10/h8,11-12H,4-7,9H2,1-3H3;3-4,7-8,10H,2,5-6,9H2,1H3. The zero-order valence-electron chi connectivity index (χ0n) is 15.2. The first-order valence-electron chi connectivity index (χ1n) is 8.89. The van der Waals surface area contributed by atoms with Gasteiger partial charge in [0.2, 0.25) is 0 Å². The van der Waals surface area contributed by atoms with Crippen molar-refractivity contribution in [3.63, 3.8) is 0 Å². The molecule has 2 heteroatoms. The number of rotatable bonds is 11. The first kappa shape index (κ1) is 23.4. The Bertz CT molecular complexity index is 276. The predicted molar refractivity (Wildman–Crippen MR) is 99.1 cm³/mol. The van der Waals surface area contributed by atoms with Gasteiger partial charge >= 0.3 is 0 Å². The van der Waals surface area contributed by atoms with Gasteiger partial charge in [0.15, 0.2) is 0 Å². The van der Waals surface area contributed by atoms with E-state index in [2.05, 4.69) is 39.0 Å². The molecule has 0 aliphatic heterocycles. The second kappa shape index (κ2) is 20.1. The molecule has 0 saturated carbocycles. The van der Waals surface area contributed by atoms with Crippen molar-refractivity contribution >= 4 is 0 Å². The van der Waals surface area contributed by atoms with Crippen molar-refractivity contribution in [1.82, 2.24) is 0 Å². The zero-order valence-corrected chi connectivity index (χ0v) is 15.2. The maximum Gasteiger partial charge on any atom is 0.0747 e. The fourth-order valence-electron chi connectivity index (χ4n) is 1.94. The highest BCUT2D eigenvalue weighted by atomic mass is 16.3. The minimum Gasteiger partial charge on any atom is -0.392 e. The Morgan fingerprint density at radius 3 is 2.05 bits per heavy atom. The summed E-state index contributed by atoms with van der Waals surface area (Å²) in [6.45, 7) is 8.58. The van der Waals surface area contributed by atoms with E-state index >= 15 is 0 Å². The molecule has 2 nitrogen and oxygen atoms in total. The number of allylic oxidation sites excluding steroid dienone is 4. The van der Waals surface area contributed by atoms with E-state index in [1.54, 1.807) is 6.08 Å². The van der Waals surface area contributed by atoms with E-state index in [0.717, 1.165) is 44.1 Å². The molecule has 0 aromatic rings. The van der Waals surface area contributed by atoms with Gasteiger partial charge in [-0.15, -0.1) is 0 Å². The number of aliphatic hydroxyl groups is 2. The molecule has 130 valence electrons. The van der Waals surface area contributed by atoms with Gasteiger partial charge in [0.1, 0.15) is 0 Å². The molecule has 0 rings (SSSR count). The molecule has 1 unspecified atom stereocenters. The topological polar surface area (TPSA) is 40.5 Å². The van der Waals surface area contributed by atoms with Crippen molar-refractivity contribution in [2.45, 2.75) is 85.2 Å². The number of unbranched alkanes of at least 4 members (excludes halogenated alkanes) is 3. The van der Waals surface area contributed by atoms with Crippen molar-refractivity contribution in [2.75, 3.05) is 6.61 Å². The summed E-state index contributed by atoms with van der Waals surface area (Å²) in [4.78, 5) is 0. The fraction of sp³-hybridized carbons (Fsp3) is 0.700. The van der Waals surface area contributed by atoms with Crippen molar-refractivity contribution in [3.05, 3.63) is 36.0 Å². The molecule has 0 aliphatic carbocycles. The van der Waals surface area contributed by atoms with Crippen molar-refractivity contribution in [1.29, 1.82) is 0 Å². The second-order valence-corrected chi connectivity index (χ2v) is 5.48. The van der Waals surface area contributed by atoms with Gasteiger partial charge in [0.05, 0.1) is 12.7 Å². The molecule has 0 radical (unpaired) electrons. The summed E-state index contributed by atoms with van der Waals surface area (Å²) in [6.07, 6.45) is 18.8. The Morgan fingerprint density at radius 1 is 0.909 bits per heavy atom. The first-order valence-corrected chi connectivity index (χ1v) is 8.89. The Hall–Kier alpha value is -0.860. The molecule has 0 spiro atoms. The smallest absolute Gasteiger partial charge is 0.0747 e. The van der Waals surface area contributed by atoms with Crippen LogP contribution in [0.2, 0.25) is 0 Å². The van der Waals surface area contributed by atoms with Crippen LogP contribution in [0.25, 0.3) is 0 Å². The summed E-state index contributed by atoms with van der Waals surface area (Å²) in [5.74, 6) is 0. The molecule has 0 aromatic heterocycles. The maximum atomic E-state index is 9.61. The van der Waals surface area contributed by atoms with E-state index in [1.807, 2.05) is 13.0 Å². The molecule has 1 atom stereocenters. The minimum absolute atomic E-state index is 0.164. The molecule has 0 aliphatic rings. The van der Waals surface area contributed by atoms with Gasteiger partial charge in [-0.2, -0.15) is 0 Å². The van der Waals surface area contributed by atoms with E-state index in [9.17, 15) is 5.11 Å². The van der Waals surface area contributed by atoms with Gasteiger partial charge in [-0.25, -0.2) is 0 Å². The van der Waals surface area contributed by atoms with Crippen LogP contribution in [0.3, 0.4) is 0 Å². The fourth-order valence-corrected chi connectivity index (χ4v) is 1.94. The van der Waals surface area contributed by atoms with Crippen molar-refractivity contribution < 1.29 is 10.2 Å². The molecule has 22 heavy (non-hydrogen) atoms. The van der Waals surface area contributed by atoms with Crippen LogP contribution in [0.1, 0.15) is 79.1 Å². The SMILES string of the molecule is CCC=C(C)C(O)CCCCC.CCC=CCCC=CCO. The molecule has 0 fully saturated rings. The molecule has 0 saturated heterocycles. The number of hydrogen-bond donors (Lipinski definition) is 2. The van der Waals surface area contributed by atoms with Crippen LogP contribution in [0, 0.1) is 0 Å². The maximum absolute atomic E-state index is 9.61. The predicted octanol–water partition coefficient (Wildman–Crippen LogP) is 5.57. The van der Waals surface area contributed by atoms with Gasteiger partial charge in [-0.3, -0.25) is 0 Å². The Kier molecular flexibility index (Phi) is 21.4. The van der Waals surface area contributed by atoms with Gasteiger partial charge in [0, 0.05) is 0 Å². The van der Waals surface area contributed by atoms with Crippen LogP contribution < -0.4 is 0 Å². The van der Waals surface area contributed by atoms with E-state index in [0.29, 0.717) is 0 Å². The highest BCUT2D eigenvalue weighted by Gasteiger charge is 2.04. The van der Waals surface area contributed by atoms with E-state index in [-0.39, 0.29) is 12.7 Å². The summed E-state index contributed by atoms with van der Waals surface area (Å²) in [6, 6.07) is 0. The Labute approximate surface area is 138 Å². The van der Waals surface area contributed by atoms with Crippen LogP contribution in [-0.2, 0) is 0 Å². The largest absolute Gasteiger partial charge is 0.392 e. The molecule has 0 heterocycles. The van der Waals surface area contributed by atoms with Crippen LogP contribution >= 0.6 is 0 Å². The third kappa shape index (κ3) is 19.1. The molecular formula is C20H38O2. The lowest BCUT2D eigenvalue weighted by atomic mass is 10.0. The average Bonchev–Trinajstić information content (AvgIpc) is 2.52. The molecular weight excluding hydrogens is 272 g/mol. The van der Waals surface area contributed by atoms with Crippen LogP contribution in [0.15, 0.2) is 36.0 Å². The number of aliphatic hydroxyl groups excluding tert-OH is 2. The lowest BCUT2D eigenvalue weighted by Crippen LogP contribution is -2.07. The van der Waals surface area contributed by atoms with Gasteiger partial charge in [-0.05, 0) is 44.6 Å². The third-order valence-corrected chi connectivity index (χ3v) is 3.31. The van der Waals surface area contributed by atoms with Crippen LogP contribution in [0.5, 0.6) is 0 Å². The van der Waals surface area contributed by atoms with Crippen molar-refractivity contribution in [2.24, 2.45) is 0 Å². The molecule has 2 N–H and O–H groups in total. The zero-order chi connectivity index (χ0) is 17.1.